The van der Waals surface area contributed by atoms with Crippen molar-refractivity contribution >= 4 is 17.9 Å². The highest BCUT2D eigenvalue weighted by atomic mass is 16.7. The van der Waals surface area contributed by atoms with Gasteiger partial charge in [-0.15, -0.1) is 0 Å². The first-order valence-electron chi connectivity index (χ1n) is 15.6. The molecule has 0 saturated carbocycles. The topological polar surface area (TPSA) is 91.4 Å². The van der Waals surface area contributed by atoms with Crippen LogP contribution in [0.5, 0.6) is 0 Å². The lowest BCUT2D eigenvalue weighted by molar-refractivity contribution is -0.180. The third-order valence-corrected chi connectivity index (χ3v) is 7.19. The first kappa shape index (κ1) is 35.4. The minimum Gasteiger partial charge on any atom is -0.466 e. The lowest BCUT2D eigenvalue weighted by Gasteiger charge is -2.16. The van der Waals surface area contributed by atoms with Gasteiger partial charge >= 0.3 is 17.9 Å². The Bertz CT molecular complexity index is 645. The Balaban J connectivity index is 2.02. The van der Waals surface area contributed by atoms with Gasteiger partial charge in [-0.25, -0.2) is 0 Å². The van der Waals surface area contributed by atoms with Gasteiger partial charge in [-0.05, 0) is 45.7 Å². The highest BCUT2D eigenvalue weighted by Gasteiger charge is 2.29. The van der Waals surface area contributed by atoms with Crippen molar-refractivity contribution in [1.29, 1.82) is 0 Å². The summed E-state index contributed by atoms with van der Waals surface area (Å²) < 4.78 is 21.8. The second kappa shape index (κ2) is 23.1. The molecular weight excluding hydrogens is 498 g/mol. The summed E-state index contributed by atoms with van der Waals surface area (Å²) in [5, 5.41) is 0. The SMILES string of the molecule is CCCCCC(CCCCC)CCOC(=O)CCCCCCCC(=O)O[C@H]1CC[C@@H](COC(=O)CN(C)C)O1. The molecule has 0 unspecified atom stereocenters. The zero-order chi connectivity index (χ0) is 28.7. The Kier molecular flexibility index (Phi) is 20.9. The second-order valence-corrected chi connectivity index (χ2v) is 11.3. The van der Waals surface area contributed by atoms with E-state index in [0.29, 0.717) is 38.2 Å². The van der Waals surface area contributed by atoms with E-state index >= 15 is 0 Å². The molecule has 39 heavy (non-hydrogen) atoms. The second-order valence-electron chi connectivity index (χ2n) is 11.3. The molecule has 2 atom stereocenters. The molecule has 1 aliphatic rings. The minimum absolute atomic E-state index is 0.0817. The quantitative estimate of drug-likeness (QED) is 0.0749. The molecule has 0 N–H and O–H groups in total. The molecule has 1 rings (SSSR count). The fourth-order valence-corrected chi connectivity index (χ4v) is 4.86. The number of unbranched alkanes of at least 4 members (excludes halogenated alkanes) is 8. The van der Waals surface area contributed by atoms with Crippen molar-refractivity contribution in [2.24, 2.45) is 5.92 Å². The highest BCUT2D eigenvalue weighted by molar-refractivity contribution is 5.71. The molecule has 1 saturated heterocycles. The Morgan fingerprint density at radius 2 is 1.36 bits per heavy atom. The molecule has 1 heterocycles. The zero-order valence-corrected chi connectivity index (χ0v) is 25.4. The summed E-state index contributed by atoms with van der Waals surface area (Å²) in [5.74, 6) is 0.0562. The summed E-state index contributed by atoms with van der Waals surface area (Å²) in [5.41, 5.74) is 0. The normalized spacial score (nSPS) is 17.1. The van der Waals surface area contributed by atoms with Gasteiger partial charge in [0.05, 0.1) is 19.3 Å². The lowest BCUT2D eigenvalue weighted by atomic mass is 9.92. The predicted octanol–water partition coefficient (Wildman–Crippen LogP) is 6.58. The molecule has 0 radical (unpaired) electrons. The fraction of sp³-hybridized carbons (Fsp3) is 0.903. The van der Waals surface area contributed by atoms with Gasteiger partial charge in [0.1, 0.15) is 6.61 Å². The largest absolute Gasteiger partial charge is 0.466 e. The van der Waals surface area contributed by atoms with Gasteiger partial charge in [-0.2, -0.15) is 0 Å². The van der Waals surface area contributed by atoms with Gasteiger partial charge in [0.2, 0.25) is 6.29 Å². The number of carbonyl (C=O) groups excluding carboxylic acids is 3. The average molecular weight is 556 g/mol. The van der Waals surface area contributed by atoms with Gasteiger partial charge in [0, 0.05) is 19.3 Å². The zero-order valence-electron chi connectivity index (χ0n) is 25.4. The van der Waals surface area contributed by atoms with Gasteiger partial charge in [-0.1, -0.05) is 84.5 Å². The summed E-state index contributed by atoms with van der Waals surface area (Å²) >= 11 is 0. The highest BCUT2D eigenvalue weighted by Crippen LogP contribution is 2.23. The van der Waals surface area contributed by atoms with Crippen molar-refractivity contribution in [2.45, 2.75) is 142 Å². The maximum absolute atomic E-state index is 12.1. The van der Waals surface area contributed by atoms with Crippen LogP contribution in [0.2, 0.25) is 0 Å². The maximum Gasteiger partial charge on any atom is 0.320 e. The van der Waals surface area contributed by atoms with E-state index < -0.39 is 6.29 Å². The number of rotatable bonds is 24. The van der Waals surface area contributed by atoms with Crippen molar-refractivity contribution in [1.82, 2.24) is 4.90 Å². The lowest BCUT2D eigenvalue weighted by Crippen LogP contribution is -2.27. The third kappa shape index (κ3) is 19.9. The van der Waals surface area contributed by atoms with Crippen LogP contribution in [-0.4, -0.2) is 69.1 Å². The van der Waals surface area contributed by atoms with Crippen LogP contribution in [0.1, 0.15) is 129 Å². The number of carbonyl (C=O) groups is 3. The first-order chi connectivity index (χ1) is 18.8. The Labute approximate surface area is 237 Å². The third-order valence-electron chi connectivity index (χ3n) is 7.19. The van der Waals surface area contributed by atoms with Crippen molar-refractivity contribution in [3.63, 3.8) is 0 Å². The van der Waals surface area contributed by atoms with Crippen LogP contribution < -0.4 is 0 Å². The van der Waals surface area contributed by atoms with Crippen molar-refractivity contribution in [3.8, 4) is 0 Å². The molecule has 0 aromatic carbocycles. The van der Waals surface area contributed by atoms with Crippen LogP contribution >= 0.6 is 0 Å². The van der Waals surface area contributed by atoms with Crippen LogP contribution in [0.25, 0.3) is 0 Å². The molecule has 1 aliphatic heterocycles. The standard InChI is InChI=1S/C31H57NO7/c1-5-7-12-16-26(17-13-8-6-2)22-23-36-28(33)18-14-10-9-11-15-19-29(34)39-31-21-20-27(38-31)25-37-30(35)24-32(3)4/h26-27,31H,5-25H2,1-4H3/t27-,31-/m0/s1. The Morgan fingerprint density at radius 3 is 1.97 bits per heavy atom. The van der Waals surface area contributed by atoms with E-state index in [0.717, 1.165) is 38.5 Å². The average Bonchev–Trinajstić information content (AvgIpc) is 3.33. The van der Waals surface area contributed by atoms with E-state index in [1.807, 2.05) is 0 Å². The van der Waals surface area contributed by atoms with Crippen LogP contribution in [0, 0.1) is 5.92 Å². The van der Waals surface area contributed by atoms with E-state index in [1.54, 1.807) is 19.0 Å². The van der Waals surface area contributed by atoms with Gasteiger partial charge in [-0.3, -0.25) is 19.3 Å². The molecule has 0 spiro atoms. The number of hydrogen-bond donors (Lipinski definition) is 0. The van der Waals surface area contributed by atoms with Crippen molar-refractivity contribution in [2.75, 3.05) is 33.9 Å². The number of nitrogens with zero attached hydrogens (tertiary/aromatic N) is 1. The van der Waals surface area contributed by atoms with Crippen LogP contribution in [-0.2, 0) is 33.3 Å². The monoisotopic (exact) mass is 555 g/mol. The first-order valence-corrected chi connectivity index (χ1v) is 15.6. The molecule has 0 aromatic heterocycles. The predicted molar refractivity (Wildman–Crippen MR) is 153 cm³/mol. The molecule has 0 bridgehead atoms. The fourth-order valence-electron chi connectivity index (χ4n) is 4.86. The van der Waals surface area contributed by atoms with E-state index in [9.17, 15) is 14.4 Å². The summed E-state index contributed by atoms with van der Waals surface area (Å²) in [6, 6.07) is 0. The summed E-state index contributed by atoms with van der Waals surface area (Å²) in [6.45, 7) is 5.44. The van der Waals surface area contributed by atoms with E-state index in [4.69, 9.17) is 18.9 Å². The molecule has 1 fully saturated rings. The summed E-state index contributed by atoms with van der Waals surface area (Å²) in [4.78, 5) is 37.6. The smallest absolute Gasteiger partial charge is 0.320 e. The molecule has 8 nitrogen and oxygen atoms in total. The summed E-state index contributed by atoms with van der Waals surface area (Å²) in [7, 11) is 3.61. The molecule has 8 heteroatoms. The van der Waals surface area contributed by atoms with Gasteiger partial charge < -0.3 is 18.9 Å². The van der Waals surface area contributed by atoms with Crippen LogP contribution in [0.15, 0.2) is 0 Å². The van der Waals surface area contributed by atoms with Crippen molar-refractivity contribution < 1.29 is 33.3 Å². The summed E-state index contributed by atoms with van der Waals surface area (Å²) in [6.07, 6.45) is 17.0. The van der Waals surface area contributed by atoms with E-state index in [-0.39, 0.29) is 37.2 Å². The van der Waals surface area contributed by atoms with E-state index in [2.05, 4.69) is 13.8 Å². The molecular formula is C31H57NO7. The molecule has 0 amide bonds. The van der Waals surface area contributed by atoms with Gasteiger partial charge in [0.15, 0.2) is 0 Å². The van der Waals surface area contributed by atoms with Crippen molar-refractivity contribution in [3.05, 3.63) is 0 Å². The van der Waals surface area contributed by atoms with Crippen LogP contribution in [0.3, 0.4) is 0 Å². The molecule has 228 valence electrons. The number of esters is 3. The van der Waals surface area contributed by atoms with E-state index in [1.165, 1.54) is 51.4 Å². The number of likely N-dealkylation sites (N-methyl/N-ethyl adjacent to an activating group) is 1. The minimum atomic E-state index is -0.552. The Hall–Kier alpha value is -1.67. The Morgan fingerprint density at radius 1 is 0.744 bits per heavy atom. The number of ether oxygens (including phenoxy) is 4. The maximum atomic E-state index is 12.1. The molecule has 0 aliphatic carbocycles. The molecule has 0 aromatic rings. The van der Waals surface area contributed by atoms with Gasteiger partial charge in [0.25, 0.3) is 0 Å². The van der Waals surface area contributed by atoms with Crippen LogP contribution in [0.4, 0.5) is 0 Å². The number of hydrogen-bond acceptors (Lipinski definition) is 8.